The van der Waals surface area contributed by atoms with Crippen molar-refractivity contribution < 1.29 is 0 Å². The first kappa shape index (κ1) is 8.44. The van der Waals surface area contributed by atoms with Crippen LogP contribution in [0.15, 0.2) is 6.20 Å². The lowest BCUT2D eigenvalue weighted by atomic mass is 10.2. The van der Waals surface area contributed by atoms with E-state index in [-0.39, 0.29) is 0 Å². The Morgan fingerprint density at radius 1 is 1.62 bits per heavy atom. The fourth-order valence-corrected chi connectivity index (χ4v) is 1.17. The predicted molar refractivity (Wildman–Crippen MR) is 51.3 cm³/mol. The van der Waals surface area contributed by atoms with E-state index in [0.717, 1.165) is 17.2 Å². The largest absolute Gasteiger partial charge is 0.351 e. The van der Waals surface area contributed by atoms with Crippen LogP contribution in [-0.4, -0.2) is 16.0 Å². The molecular weight excluding hydrogens is 164 g/mol. The zero-order valence-corrected chi connectivity index (χ0v) is 7.75. The van der Waals surface area contributed by atoms with Gasteiger partial charge in [0.05, 0.1) is 0 Å². The van der Waals surface area contributed by atoms with E-state index in [0.29, 0.717) is 12.6 Å². The van der Waals surface area contributed by atoms with Crippen molar-refractivity contribution in [3.05, 3.63) is 17.5 Å². The van der Waals surface area contributed by atoms with E-state index in [4.69, 9.17) is 5.73 Å². The molecule has 1 aliphatic rings. The van der Waals surface area contributed by atoms with Gasteiger partial charge in [-0.15, -0.1) is 0 Å². The highest BCUT2D eigenvalue weighted by Crippen LogP contribution is 2.22. The van der Waals surface area contributed by atoms with E-state index in [9.17, 15) is 0 Å². The van der Waals surface area contributed by atoms with Crippen molar-refractivity contribution in [3.63, 3.8) is 0 Å². The average molecular weight is 178 g/mol. The number of nitrogens with zero attached hydrogens (tertiary/aromatic N) is 2. The Kier molecular flexibility index (Phi) is 2.14. The van der Waals surface area contributed by atoms with Gasteiger partial charge in [0.15, 0.2) is 0 Å². The molecule has 2 rings (SSSR count). The number of nitrogens with one attached hydrogen (secondary N) is 1. The Hall–Kier alpha value is -1.16. The van der Waals surface area contributed by atoms with Gasteiger partial charge >= 0.3 is 0 Å². The van der Waals surface area contributed by atoms with Crippen LogP contribution >= 0.6 is 0 Å². The molecule has 3 N–H and O–H groups in total. The molecule has 1 heterocycles. The van der Waals surface area contributed by atoms with Crippen LogP contribution in [0.4, 0.5) is 5.95 Å². The molecule has 0 unspecified atom stereocenters. The number of anilines is 1. The zero-order chi connectivity index (χ0) is 9.26. The molecule has 0 aromatic carbocycles. The van der Waals surface area contributed by atoms with Crippen LogP contribution < -0.4 is 11.1 Å². The van der Waals surface area contributed by atoms with Gasteiger partial charge in [0.1, 0.15) is 0 Å². The second-order valence-corrected chi connectivity index (χ2v) is 3.43. The third-order valence-electron chi connectivity index (χ3n) is 2.21. The highest BCUT2D eigenvalue weighted by Gasteiger charge is 2.21. The van der Waals surface area contributed by atoms with Gasteiger partial charge in [0.25, 0.3) is 0 Å². The van der Waals surface area contributed by atoms with Crippen LogP contribution in [0.3, 0.4) is 0 Å². The molecule has 13 heavy (non-hydrogen) atoms. The van der Waals surface area contributed by atoms with E-state index in [1.807, 2.05) is 6.92 Å². The number of hydrogen-bond acceptors (Lipinski definition) is 4. The minimum atomic E-state index is 0.509. The summed E-state index contributed by atoms with van der Waals surface area (Å²) in [4.78, 5) is 8.51. The molecule has 0 bridgehead atoms. The molecule has 0 saturated heterocycles. The molecule has 1 saturated carbocycles. The third kappa shape index (κ3) is 1.95. The number of nitrogens with two attached hydrogens (primary N) is 1. The average Bonchev–Trinajstić information content (AvgIpc) is 2.89. The van der Waals surface area contributed by atoms with Crippen LogP contribution in [0, 0.1) is 6.92 Å². The summed E-state index contributed by atoms with van der Waals surface area (Å²) in [5, 5.41) is 3.24. The second kappa shape index (κ2) is 3.30. The van der Waals surface area contributed by atoms with Crippen molar-refractivity contribution in [1.29, 1.82) is 0 Å². The van der Waals surface area contributed by atoms with Crippen molar-refractivity contribution in [3.8, 4) is 0 Å². The minimum absolute atomic E-state index is 0.509. The van der Waals surface area contributed by atoms with Gasteiger partial charge in [0.2, 0.25) is 5.95 Å². The smallest absolute Gasteiger partial charge is 0.223 e. The maximum Gasteiger partial charge on any atom is 0.223 e. The highest BCUT2D eigenvalue weighted by molar-refractivity contribution is 5.31. The Balaban J connectivity index is 2.13. The predicted octanol–water partition coefficient (Wildman–Crippen LogP) is 0.818. The lowest BCUT2D eigenvalue weighted by molar-refractivity contribution is 0.953. The van der Waals surface area contributed by atoms with Gasteiger partial charge in [-0.2, -0.15) is 0 Å². The molecule has 0 amide bonds. The minimum Gasteiger partial charge on any atom is -0.351 e. The second-order valence-electron chi connectivity index (χ2n) is 3.43. The maximum atomic E-state index is 5.51. The molecule has 0 aliphatic heterocycles. The summed E-state index contributed by atoms with van der Waals surface area (Å²) < 4.78 is 0. The van der Waals surface area contributed by atoms with Gasteiger partial charge in [-0.1, -0.05) is 0 Å². The molecule has 0 radical (unpaired) electrons. The standard InChI is InChI=1S/C9H14N4/c1-6-7(4-10)5-11-9(12-6)13-8-2-3-8/h5,8H,2-4,10H2,1H3,(H,11,12,13). The fourth-order valence-electron chi connectivity index (χ4n) is 1.17. The number of rotatable bonds is 3. The SMILES string of the molecule is Cc1nc(NC2CC2)ncc1CN. The van der Waals surface area contributed by atoms with Crippen molar-refractivity contribution in [2.24, 2.45) is 5.73 Å². The monoisotopic (exact) mass is 178 g/mol. The van der Waals surface area contributed by atoms with Crippen LogP contribution in [-0.2, 0) is 6.54 Å². The van der Waals surface area contributed by atoms with Crippen LogP contribution in [0.2, 0.25) is 0 Å². The number of aromatic nitrogens is 2. The van der Waals surface area contributed by atoms with Crippen LogP contribution in [0.5, 0.6) is 0 Å². The summed E-state index contributed by atoms with van der Waals surface area (Å²) in [6, 6.07) is 0.600. The molecule has 1 aromatic heterocycles. The first-order valence-corrected chi connectivity index (χ1v) is 4.58. The van der Waals surface area contributed by atoms with E-state index < -0.39 is 0 Å². The van der Waals surface area contributed by atoms with Gasteiger partial charge in [-0.05, 0) is 19.8 Å². The topological polar surface area (TPSA) is 63.8 Å². The maximum absolute atomic E-state index is 5.51. The zero-order valence-electron chi connectivity index (χ0n) is 7.75. The van der Waals surface area contributed by atoms with E-state index in [1.54, 1.807) is 6.20 Å². The quantitative estimate of drug-likeness (QED) is 0.719. The van der Waals surface area contributed by atoms with Crippen LogP contribution in [0.1, 0.15) is 24.1 Å². The summed E-state index contributed by atoms with van der Waals surface area (Å²) in [5.74, 6) is 0.734. The lowest BCUT2D eigenvalue weighted by Crippen LogP contribution is -2.08. The first-order chi connectivity index (χ1) is 6.29. The molecule has 0 atom stereocenters. The Morgan fingerprint density at radius 2 is 2.38 bits per heavy atom. The Bertz CT molecular complexity index is 306. The Morgan fingerprint density at radius 3 is 2.92 bits per heavy atom. The van der Waals surface area contributed by atoms with Gasteiger partial charge in [0, 0.05) is 30.0 Å². The van der Waals surface area contributed by atoms with Crippen molar-refractivity contribution in [2.45, 2.75) is 32.4 Å². The van der Waals surface area contributed by atoms with Gasteiger partial charge in [-0.3, -0.25) is 0 Å². The van der Waals surface area contributed by atoms with Gasteiger partial charge < -0.3 is 11.1 Å². The van der Waals surface area contributed by atoms with Crippen molar-refractivity contribution in [1.82, 2.24) is 9.97 Å². The number of aryl methyl sites for hydroxylation is 1. The highest BCUT2D eigenvalue weighted by atomic mass is 15.1. The molecule has 1 aromatic rings. The summed E-state index contributed by atoms with van der Waals surface area (Å²) in [6.07, 6.45) is 4.27. The molecule has 4 nitrogen and oxygen atoms in total. The molecule has 1 aliphatic carbocycles. The number of hydrogen-bond donors (Lipinski definition) is 2. The van der Waals surface area contributed by atoms with Crippen molar-refractivity contribution in [2.75, 3.05) is 5.32 Å². The summed E-state index contributed by atoms with van der Waals surface area (Å²) >= 11 is 0. The normalized spacial score (nSPS) is 15.8. The van der Waals surface area contributed by atoms with Crippen LogP contribution in [0.25, 0.3) is 0 Å². The van der Waals surface area contributed by atoms with E-state index >= 15 is 0 Å². The molecule has 1 fully saturated rings. The van der Waals surface area contributed by atoms with E-state index in [2.05, 4.69) is 15.3 Å². The lowest BCUT2D eigenvalue weighted by Gasteiger charge is -2.05. The summed E-state index contributed by atoms with van der Waals surface area (Å²) in [7, 11) is 0. The molecule has 4 heteroatoms. The summed E-state index contributed by atoms with van der Waals surface area (Å²) in [6.45, 7) is 2.47. The summed E-state index contributed by atoms with van der Waals surface area (Å²) in [5.41, 5.74) is 7.50. The fraction of sp³-hybridized carbons (Fsp3) is 0.556. The van der Waals surface area contributed by atoms with Gasteiger partial charge in [-0.25, -0.2) is 9.97 Å². The Labute approximate surface area is 77.6 Å². The third-order valence-corrected chi connectivity index (χ3v) is 2.21. The molecular formula is C9H14N4. The molecule has 70 valence electrons. The molecule has 0 spiro atoms. The first-order valence-electron chi connectivity index (χ1n) is 4.58. The van der Waals surface area contributed by atoms with Crippen molar-refractivity contribution >= 4 is 5.95 Å². The van der Waals surface area contributed by atoms with E-state index in [1.165, 1.54) is 12.8 Å².